The Kier molecular flexibility index (Phi) is 3.97. The van der Waals surface area contributed by atoms with Crippen LogP contribution in [0.4, 0.5) is 5.69 Å². The minimum absolute atomic E-state index is 0.346. The van der Waals surface area contributed by atoms with Crippen LogP contribution in [0.5, 0.6) is 11.5 Å². The summed E-state index contributed by atoms with van der Waals surface area (Å²) in [5, 5.41) is 3.81. The van der Waals surface area contributed by atoms with Crippen molar-refractivity contribution in [2.75, 3.05) is 5.32 Å². The highest BCUT2D eigenvalue weighted by molar-refractivity contribution is 5.62. The van der Waals surface area contributed by atoms with Gasteiger partial charge in [-0.1, -0.05) is 60.2 Å². The lowest BCUT2D eigenvalue weighted by Crippen LogP contribution is -2.29. The Bertz CT molecular complexity index is 992. The van der Waals surface area contributed by atoms with E-state index >= 15 is 0 Å². The summed E-state index contributed by atoms with van der Waals surface area (Å²) in [6.45, 7) is 2.16. The summed E-state index contributed by atoms with van der Waals surface area (Å²) in [5.74, 6) is 2.75. The molecule has 0 spiro atoms. The van der Waals surface area contributed by atoms with Crippen LogP contribution in [0.25, 0.3) is 0 Å². The molecular formula is C25H23NO. The van der Waals surface area contributed by atoms with Crippen molar-refractivity contribution in [3.63, 3.8) is 0 Å². The maximum absolute atomic E-state index is 6.07. The van der Waals surface area contributed by atoms with E-state index in [1.165, 1.54) is 22.4 Å². The molecule has 1 aliphatic heterocycles. The third-order valence-corrected chi connectivity index (χ3v) is 5.71. The molecule has 0 bridgehead atoms. The first-order chi connectivity index (χ1) is 13.3. The van der Waals surface area contributed by atoms with Gasteiger partial charge in [0, 0.05) is 11.6 Å². The second-order valence-corrected chi connectivity index (χ2v) is 7.55. The van der Waals surface area contributed by atoms with Crippen molar-refractivity contribution in [3.8, 4) is 11.5 Å². The molecule has 2 aliphatic rings. The number of para-hydroxylation sites is 1. The van der Waals surface area contributed by atoms with Gasteiger partial charge >= 0.3 is 0 Å². The van der Waals surface area contributed by atoms with Crippen LogP contribution in [0.15, 0.2) is 84.9 Å². The van der Waals surface area contributed by atoms with Crippen LogP contribution < -0.4 is 10.1 Å². The molecule has 1 heterocycles. The fourth-order valence-corrected chi connectivity index (χ4v) is 4.45. The smallest absolute Gasteiger partial charge is 0.127 e. The molecular weight excluding hydrogens is 330 g/mol. The van der Waals surface area contributed by atoms with E-state index in [0.717, 1.165) is 17.9 Å². The normalized spacial score (nSPS) is 22.6. The minimum Gasteiger partial charge on any atom is -0.457 e. The SMILES string of the molecule is Cc1cccc(C2Nc3ccc(Oc4ccccc4)cc3C3C=CCC32)c1. The van der Waals surface area contributed by atoms with Crippen LogP contribution in [0.2, 0.25) is 0 Å². The molecule has 27 heavy (non-hydrogen) atoms. The molecule has 2 nitrogen and oxygen atoms in total. The molecule has 0 amide bonds. The van der Waals surface area contributed by atoms with Crippen LogP contribution >= 0.6 is 0 Å². The van der Waals surface area contributed by atoms with Gasteiger partial charge in [-0.3, -0.25) is 0 Å². The number of fused-ring (bicyclic) bond motifs is 3. The summed E-state index contributed by atoms with van der Waals surface area (Å²) in [6, 6.07) is 25.6. The summed E-state index contributed by atoms with van der Waals surface area (Å²) in [4.78, 5) is 0. The van der Waals surface area contributed by atoms with E-state index in [1.54, 1.807) is 0 Å². The average molecular weight is 353 g/mol. The van der Waals surface area contributed by atoms with Crippen LogP contribution in [-0.2, 0) is 0 Å². The van der Waals surface area contributed by atoms with Gasteiger partial charge in [0.05, 0.1) is 6.04 Å². The molecule has 5 rings (SSSR count). The Labute approximate surface area is 160 Å². The first-order valence-corrected chi connectivity index (χ1v) is 9.64. The van der Waals surface area contributed by atoms with E-state index in [-0.39, 0.29) is 0 Å². The van der Waals surface area contributed by atoms with E-state index in [0.29, 0.717) is 17.9 Å². The predicted molar refractivity (Wildman–Crippen MR) is 110 cm³/mol. The molecule has 1 N–H and O–H groups in total. The van der Waals surface area contributed by atoms with Crippen molar-refractivity contribution in [3.05, 3.63) is 102 Å². The lowest BCUT2D eigenvalue weighted by Gasteiger charge is -2.37. The first kappa shape index (κ1) is 16.2. The lowest BCUT2D eigenvalue weighted by atomic mass is 9.77. The third kappa shape index (κ3) is 3.02. The number of ether oxygens (including phenoxy) is 1. The van der Waals surface area contributed by atoms with Crippen molar-refractivity contribution in [2.45, 2.75) is 25.3 Å². The first-order valence-electron chi connectivity index (χ1n) is 9.64. The van der Waals surface area contributed by atoms with Crippen molar-refractivity contribution < 1.29 is 4.74 Å². The zero-order valence-electron chi connectivity index (χ0n) is 15.4. The molecule has 0 radical (unpaired) electrons. The number of rotatable bonds is 3. The summed E-state index contributed by atoms with van der Waals surface area (Å²) in [7, 11) is 0. The number of aryl methyl sites for hydroxylation is 1. The van der Waals surface area contributed by atoms with Crippen LogP contribution in [0, 0.1) is 12.8 Å². The number of benzene rings is 3. The molecule has 0 saturated heterocycles. The Morgan fingerprint density at radius 1 is 0.889 bits per heavy atom. The topological polar surface area (TPSA) is 21.3 Å². The van der Waals surface area contributed by atoms with Crippen molar-refractivity contribution in [2.24, 2.45) is 5.92 Å². The van der Waals surface area contributed by atoms with Crippen molar-refractivity contribution in [1.82, 2.24) is 0 Å². The summed E-state index contributed by atoms with van der Waals surface area (Å²) < 4.78 is 6.07. The maximum Gasteiger partial charge on any atom is 0.127 e. The number of anilines is 1. The molecule has 1 aliphatic carbocycles. The Morgan fingerprint density at radius 2 is 1.78 bits per heavy atom. The molecule has 3 aromatic rings. The monoisotopic (exact) mass is 353 g/mol. The van der Waals surface area contributed by atoms with Gasteiger partial charge in [-0.05, 0) is 60.7 Å². The minimum atomic E-state index is 0.346. The zero-order valence-corrected chi connectivity index (χ0v) is 15.4. The van der Waals surface area contributed by atoms with Gasteiger partial charge in [-0.15, -0.1) is 0 Å². The lowest BCUT2D eigenvalue weighted by molar-refractivity contribution is 0.422. The third-order valence-electron chi connectivity index (χ3n) is 5.71. The molecule has 3 atom stereocenters. The second-order valence-electron chi connectivity index (χ2n) is 7.55. The van der Waals surface area contributed by atoms with Crippen LogP contribution in [-0.4, -0.2) is 0 Å². The number of hydrogen-bond acceptors (Lipinski definition) is 2. The number of hydrogen-bond donors (Lipinski definition) is 1. The van der Waals surface area contributed by atoms with Gasteiger partial charge in [0.1, 0.15) is 11.5 Å². The summed E-state index contributed by atoms with van der Waals surface area (Å²) in [5.41, 5.74) is 5.25. The molecule has 2 heteroatoms. The summed E-state index contributed by atoms with van der Waals surface area (Å²) in [6.07, 6.45) is 5.82. The highest BCUT2D eigenvalue weighted by Crippen LogP contribution is 2.50. The molecule has 134 valence electrons. The van der Waals surface area contributed by atoms with Crippen LogP contribution in [0.3, 0.4) is 0 Å². The van der Waals surface area contributed by atoms with Gasteiger partial charge in [0.25, 0.3) is 0 Å². The largest absolute Gasteiger partial charge is 0.457 e. The molecule has 0 aromatic heterocycles. The van der Waals surface area contributed by atoms with Crippen molar-refractivity contribution in [1.29, 1.82) is 0 Å². The van der Waals surface area contributed by atoms with Gasteiger partial charge in [-0.2, -0.15) is 0 Å². The average Bonchev–Trinajstić information content (AvgIpc) is 3.18. The molecule has 3 unspecified atom stereocenters. The highest BCUT2D eigenvalue weighted by atomic mass is 16.5. The molecule has 0 saturated carbocycles. The van der Waals surface area contributed by atoms with Gasteiger partial charge in [-0.25, -0.2) is 0 Å². The number of nitrogens with one attached hydrogen (secondary N) is 1. The van der Waals surface area contributed by atoms with E-state index in [1.807, 2.05) is 30.3 Å². The fourth-order valence-electron chi connectivity index (χ4n) is 4.45. The highest BCUT2D eigenvalue weighted by Gasteiger charge is 2.38. The Hall–Kier alpha value is -3.00. The zero-order chi connectivity index (χ0) is 18.2. The molecule has 0 fully saturated rings. The van der Waals surface area contributed by atoms with Crippen molar-refractivity contribution >= 4 is 5.69 Å². The second kappa shape index (κ2) is 6.62. The van der Waals surface area contributed by atoms with Gasteiger partial charge in [0.15, 0.2) is 0 Å². The van der Waals surface area contributed by atoms with E-state index in [2.05, 4.69) is 66.9 Å². The molecule has 3 aromatic carbocycles. The van der Waals surface area contributed by atoms with Gasteiger partial charge < -0.3 is 10.1 Å². The Balaban J connectivity index is 1.49. The van der Waals surface area contributed by atoms with Crippen LogP contribution in [0.1, 0.15) is 35.1 Å². The summed E-state index contributed by atoms with van der Waals surface area (Å²) >= 11 is 0. The van der Waals surface area contributed by atoms with E-state index in [9.17, 15) is 0 Å². The van der Waals surface area contributed by atoms with Gasteiger partial charge in [0.2, 0.25) is 0 Å². The number of allylic oxidation sites excluding steroid dienone is 2. The van der Waals surface area contributed by atoms with E-state index < -0.39 is 0 Å². The maximum atomic E-state index is 6.07. The quantitative estimate of drug-likeness (QED) is 0.535. The Morgan fingerprint density at radius 3 is 2.63 bits per heavy atom. The standard InChI is InChI=1S/C25H23NO/c1-17-7-5-8-18(15-17)25-22-12-6-11-21(22)23-16-20(13-14-24(23)26-25)27-19-9-3-2-4-10-19/h2-11,13-16,21-22,25-26H,12H2,1H3. The predicted octanol–water partition coefficient (Wildman–Crippen LogP) is 6.61. The van der Waals surface area contributed by atoms with E-state index in [4.69, 9.17) is 4.74 Å². The fraction of sp³-hybridized carbons (Fsp3) is 0.200.